The lowest BCUT2D eigenvalue weighted by atomic mass is 10.2. The van der Waals surface area contributed by atoms with E-state index in [1.54, 1.807) is 11.5 Å². The Balaban J connectivity index is 2.35. The van der Waals surface area contributed by atoms with Gasteiger partial charge >= 0.3 is 0 Å². The van der Waals surface area contributed by atoms with Gasteiger partial charge in [0.15, 0.2) is 0 Å². The van der Waals surface area contributed by atoms with Crippen molar-refractivity contribution in [3.8, 4) is 0 Å². The molecule has 0 atom stereocenters. The Morgan fingerprint density at radius 3 is 3.08 bits per heavy atom. The fourth-order valence-electron chi connectivity index (χ4n) is 1.26. The van der Waals surface area contributed by atoms with Crippen molar-refractivity contribution in [2.75, 3.05) is 11.9 Å². The quantitative estimate of drug-likeness (QED) is 0.808. The molecule has 0 bridgehead atoms. The maximum Gasteiger partial charge on any atom is 0.117 e. The van der Waals surface area contributed by atoms with Gasteiger partial charge in [0.25, 0.3) is 0 Å². The minimum Gasteiger partial charge on any atom is -0.375 e. The number of fused-ring (bicyclic) bond motifs is 1. The number of hydrogen-bond donors (Lipinski definition) is 1. The van der Waals surface area contributed by atoms with Gasteiger partial charge in [-0.25, -0.2) is 0 Å². The Hall–Kier alpha value is -1.09. The van der Waals surface area contributed by atoms with Crippen LogP contribution < -0.4 is 5.32 Å². The molecule has 0 fully saturated rings. The van der Waals surface area contributed by atoms with E-state index in [1.165, 1.54) is 10.4 Å². The summed E-state index contributed by atoms with van der Waals surface area (Å²) < 4.78 is 4.35. The highest BCUT2D eigenvalue weighted by Gasteiger charge is 2.02. The van der Waals surface area contributed by atoms with Crippen molar-refractivity contribution in [3.63, 3.8) is 0 Å². The topological polar surface area (TPSA) is 24.9 Å². The maximum atomic E-state index is 4.35. The van der Waals surface area contributed by atoms with Crippen molar-refractivity contribution in [1.82, 2.24) is 4.37 Å². The van der Waals surface area contributed by atoms with Crippen molar-refractivity contribution < 1.29 is 0 Å². The van der Waals surface area contributed by atoms with Gasteiger partial charge < -0.3 is 5.32 Å². The van der Waals surface area contributed by atoms with Crippen LogP contribution in [0.3, 0.4) is 0 Å². The van der Waals surface area contributed by atoms with Crippen molar-refractivity contribution in [1.29, 1.82) is 0 Å². The molecule has 1 aromatic heterocycles. The highest BCUT2D eigenvalue weighted by Crippen LogP contribution is 2.26. The Kier molecular flexibility index (Phi) is 2.45. The van der Waals surface area contributed by atoms with Crippen LogP contribution in [0.4, 0.5) is 5.00 Å². The molecule has 0 saturated carbocycles. The van der Waals surface area contributed by atoms with Crippen LogP contribution in [0.1, 0.15) is 13.3 Å². The number of anilines is 1. The van der Waals surface area contributed by atoms with Crippen LogP contribution in [0.15, 0.2) is 24.3 Å². The summed E-state index contributed by atoms with van der Waals surface area (Å²) in [5, 5.41) is 5.80. The molecule has 0 unspecified atom stereocenters. The predicted molar refractivity (Wildman–Crippen MR) is 58.4 cm³/mol. The summed E-state index contributed by atoms with van der Waals surface area (Å²) in [6.45, 7) is 3.18. The van der Waals surface area contributed by atoms with Gasteiger partial charge in [-0.1, -0.05) is 19.1 Å². The first kappa shape index (κ1) is 8.51. The minimum atomic E-state index is 1.02. The third-order valence-electron chi connectivity index (χ3n) is 1.92. The molecule has 0 saturated heterocycles. The van der Waals surface area contributed by atoms with E-state index in [-0.39, 0.29) is 0 Å². The van der Waals surface area contributed by atoms with Gasteiger partial charge in [0.05, 0.1) is 5.52 Å². The number of hydrogen-bond acceptors (Lipinski definition) is 3. The van der Waals surface area contributed by atoms with Crippen molar-refractivity contribution >= 4 is 27.4 Å². The zero-order chi connectivity index (χ0) is 9.10. The molecule has 0 aliphatic carbocycles. The first-order chi connectivity index (χ1) is 6.42. The summed E-state index contributed by atoms with van der Waals surface area (Å²) in [4.78, 5) is 0. The average Bonchev–Trinajstić information content (AvgIpc) is 2.58. The molecule has 2 nitrogen and oxygen atoms in total. The number of aromatic nitrogens is 1. The van der Waals surface area contributed by atoms with Crippen LogP contribution in [0.2, 0.25) is 0 Å². The molecule has 0 spiro atoms. The van der Waals surface area contributed by atoms with E-state index in [0.29, 0.717) is 0 Å². The highest BCUT2D eigenvalue weighted by atomic mass is 32.1. The largest absolute Gasteiger partial charge is 0.375 e. The Labute approximate surface area is 81.8 Å². The third-order valence-corrected chi connectivity index (χ3v) is 2.75. The van der Waals surface area contributed by atoms with Crippen molar-refractivity contribution in [2.45, 2.75) is 13.3 Å². The second-order valence-corrected chi connectivity index (χ2v) is 3.73. The smallest absolute Gasteiger partial charge is 0.117 e. The first-order valence-corrected chi connectivity index (χ1v) is 5.27. The van der Waals surface area contributed by atoms with Crippen LogP contribution in [0, 0.1) is 0 Å². The van der Waals surface area contributed by atoms with Crippen LogP contribution in [-0.4, -0.2) is 10.9 Å². The molecule has 0 amide bonds. The molecular formula is C10H12N2S. The fraction of sp³-hybridized carbons (Fsp3) is 0.300. The van der Waals surface area contributed by atoms with E-state index in [4.69, 9.17) is 0 Å². The predicted octanol–water partition coefficient (Wildman–Crippen LogP) is 3.12. The lowest BCUT2D eigenvalue weighted by molar-refractivity contribution is 0.985. The van der Waals surface area contributed by atoms with Gasteiger partial charge in [0.2, 0.25) is 0 Å². The van der Waals surface area contributed by atoms with E-state index < -0.39 is 0 Å². The number of rotatable bonds is 3. The molecule has 2 rings (SSSR count). The maximum absolute atomic E-state index is 4.35. The monoisotopic (exact) mass is 192 g/mol. The summed E-state index contributed by atoms with van der Waals surface area (Å²) in [5.41, 5.74) is 1.09. The van der Waals surface area contributed by atoms with Crippen molar-refractivity contribution in [2.24, 2.45) is 0 Å². The van der Waals surface area contributed by atoms with Gasteiger partial charge in [-0.2, -0.15) is 4.37 Å². The van der Waals surface area contributed by atoms with Gasteiger partial charge in [0.1, 0.15) is 5.00 Å². The van der Waals surface area contributed by atoms with Crippen LogP contribution in [0.25, 0.3) is 10.9 Å². The molecule has 13 heavy (non-hydrogen) atoms. The lowest BCUT2D eigenvalue weighted by Crippen LogP contribution is -1.97. The second-order valence-electron chi connectivity index (χ2n) is 2.96. The third kappa shape index (κ3) is 1.65. The molecule has 0 radical (unpaired) electrons. The van der Waals surface area contributed by atoms with E-state index in [9.17, 15) is 0 Å². The normalized spacial score (nSPS) is 10.5. The molecule has 1 aromatic carbocycles. The first-order valence-electron chi connectivity index (χ1n) is 4.50. The molecule has 1 N–H and O–H groups in total. The number of nitrogens with zero attached hydrogens (tertiary/aromatic N) is 1. The number of benzene rings is 1. The Bertz CT molecular complexity index is 394. The van der Waals surface area contributed by atoms with Gasteiger partial charge in [0, 0.05) is 11.9 Å². The lowest BCUT2D eigenvalue weighted by Gasteiger charge is -1.99. The second kappa shape index (κ2) is 3.75. The molecule has 1 heterocycles. The molecular weight excluding hydrogens is 180 g/mol. The van der Waals surface area contributed by atoms with Crippen LogP contribution >= 0.6 is 11.5 Å². The Morgan fingerprint density at radius 2 is 2.23 bits per heavy atom. The van der Waals surface area contributed by atoms with Gasteiger partial charge in [-0.15, -0.1) is 0 Å². The fourth-order valence-corrected chi connectivity index (χ4v) is 2.04. The SMILES string of the molecule is CCCNc1snc2ccccc12. The van der Waals surface area contributed by atoms with E-state index in [0.717, 1.165) is 18.5 Å². The highest BCUT2D eigenvalue weighted by molar-refractivity contribution is 7.11. The summed E-state index contributed by atoms with van der Waals surface area (Å²) >= 11 is 1.54. The molecule has 3 heteroatoms. The molecule has 2 aromatic rings. The Morgan fingerprint density at radius 1 is 1.38 bits per heavy atom. The van der Waals surface area contributed by atoms with Gasteiger partial charge in [-0.05, 0) is 30.1 Å². The van der Waals surface area contributed by atoms with Crippen molar-refractivity contribution in [3.05, 3.63) is 24.3 Å². The summed E-state index contributed by atoms with van der Waals surface area (Å²) in [7, 11) is 0. The van der Waals surface area contributed by atoms with E-state index in [2.05, 4.69) is 22.7 Å². The minimum absolute atomic E-state index is 1.02. The molecule has 0 aliphatic rings. The van der Waals surface area contributed by atoms with Gasteiger partial charge in [-0.3, -0.25) is 0 Å². The molecule has 0 aliphatic heterocycles. The standard InChI is InChI=1S/C10H12N2S/c1-2-7-11-10-8-5-3-4-6-9(8)12-13-10/h3-6,11H,2,7H2,1H3. The number of nitrogens with one attached hydrogen (secondary N) is 1. The average molecular weight is 192 g/mol. The van der Waals surface area contributed by atoms with E-state index >= 15 is 0 Å². The summed E-state index contributed by atoms with van der Waals surface area (Å²) in [6.07, 6.45) is 1.15. The summed E-state index contributed by atoms with van der Waals surface area (Å²) in [5.74, 6) is 0. The summed E-state index contributed by atoms with van der Waals surface area (Å²) in [6, 6.07) is 8.22. The zero-order valence-corrected chi connectivity index (χ0v) is 8.40. The zero-order valence-electron chi connectivity index (χ0n) is 7.58. The molecule has 68 valence electrons. The van der Waals surface area contributed by atoms with E-state index in [1.807, 2.05) is 18.2 Å². The van der Waals surface area contributed by atoms with Crippen LogP contribution in [0.5, 0.6) is 0 Å². The van der Waals surface area contributed by atoms with Crippen LogP contribution in [-0.2, 0) is 0 Å².